The quantitative estimate of drug-likeness (QED) is 0.539. The molecule has 0 saturated carbocycles. The van der Waals surface area contributed by atoms with Crippen LogP contribution in [-0.4, -0.2) is 54.3 Å². The molecule has 72 valence electrons. The van der Waals surface area contributed by atoms with Crippen LogP contribution in [0.1, 0.15) is 12.8 Å². The van der Waals surface area contributed by atoms with Gasteiger partial charge < -0.3 is 10.0 Å². The van der Waals surface area contributed by atoms with Gasteiger partial charge in [-0.05, 0) is 26.9 Å². The normalized spacial score (nSPS) is 24.8. The first-order chi connectivity index (χ1) is 5.52. The van der Waals surface area contributed by atoms with Crippen molar-refractivity contribution in [2.75, 3.05) is 33.7 Å². The molecule has 1 heterocycles. The second-order valence-corrected chi connectivity index (χ2v) is 4.00. The zero-order valence-electron chi connectivity index (χ0n) is 7.95. The van der Waals surface area contributed by atoms with Crippen molar-refractivity contribution in [3.63, 3.8) is 0 Å². The highest BCUT2D eigenvalue weighted by Crippen LogP contribution is 2.20. The molecule has 1 saturated heterocycles. The second kappa shape index (κ2) is 3.70. The molecule has 0 aromatic carbocycles. The zero-order valence-corrected chi connectivity index (χ0v) is 7.95. The highest BCUT2D eigenvalue weighted by atomic mass is 16.3. The Kier molecular flexibility index (Phi) is 3.06. The molecule has 4 nitrogen and oxygen atoms in total. The molecule has 1 rings (SSSR count). The fourth-order valence-electron chi connectivity index (χ4n) is 1.69. The molecule has 0 radical (unpaired) electrons. The lowest BCUT2D eigenvalue weighted by atomic mass is 9.92. The van der Waals surface area contributed by atoms with E-state index in [1.165, 1.54) is 0 Å². The maximum absolute atomic E-state index is 10.0. The molecule has 0 aromatic rings. The van der Waals surface area contributed by atoms with Crippen LogP contribution in [0.3, 0.4) is 0 Å². The second-order valence-electron chi connectivity index (χ2n) is 4.00. The molecule has 0 amide bonds. The van der Waals surface area contributed by atoms with Gasteiger partial charge in [0.25, 0.3) is 0 Å². The van der Waals surface area contributed by atoms with Crippen LogP contribution < -0.4 is 5.84 Å². The topological polar surface area (TPSA) is 52.7 Å². The number of hydrazine groups is 1. The van der Waals surface area contributed by atoms with Crippen LogP contribution >= 0.6 is 0 Å². The van der Waals surface area contributed by atoms with Crippen molar-refractivity contribution in [1.82, 2.24) is 9.91 Å². The van der Waals surface area contributed by atoms with Crippen LogP contribution in [-0.2, 0) is 0 Å². The van der Waals surface area contributed by atoms with E-state index < -0.39 is 5.60 Å². The van der Waals surface area contributed by atoms with Gasteiger partial charge in [0, 0.05) is 19.6 Å². The van der Waals surface area contributed by atoms with Gasteiger partial charge in [-0.15, -0.1) is 0 Å². The average Bonchev–Trinajstić information content (AvgIpc) is 1.94. The smallest absolute Gasteiger partial charge is 0.0799 e. The first-order valence-corrected chi connectivity index (χ1v) is 4.39. The molecule has 0 unspecified atom stereocenters. The molecule has 1 aliphatic heterocycles. The molecule has 0 aliphatic carbocycles. The first kappa shape index (κ1) is 9.92. The van der Waals surface area contributed by atoms with Gasteiger partial charge in [-0.3, -0.25) is 5.84 Å². The number of rotatable bonds is 2. The molecule has 0 spiro atoms. The van der Waals surface area contributed by atoms with E-state index in [-0.39, 0.29) is 0 Å². The van der Waals surface area contributed by atoms with E-state index >= 15 is 0 Å². The lowest BCUT2D eigenvalue weighted by Crippen LogP contribution is -2.51. The van der Waals surface area contributed by atoms with Crippen molar-refractivity contribution in [2.45, 2.75) is 18.4 Å². The number of likely N-dealkylation sites (N-methyl/N-ethyl adjacent to an activating group) is 1. The SMILES string of the molecule is CN(C)CC1(O)CCN(N)CC1. The van der Waals surface area contributed by atoms with Crippen molar-refractivity contribution in [3.05, 3.63) is 0 Å². The standard InChI is InChI=1S/C8H19N3O/c1-10(2)7-8(12)3-5-11(9)6-4-8/h12H,3-7,9H2,1-2H3. The van der Waals surface area contributed by atoms with Gasteiger partial charge in [-0.1, -0.05) is 0 Å². The molecule has 1 fully saturated rings. The molecular formula is C8H19N3O. The van der Waals surface area contributed by atoms with Crippen LogP contribution in [0, 0.1) is 0 Å². The third-order valence-electron chi connectivity index (χ3n) is 2.34. The van der Waals surface area contributed by atoms with E-state index in [1.807, 2.05) is 19.0 Å². The van der Waals surface area contributed by atoms with Gasteiger partial charge in [-0.2, -0.15) is 0 Å². The Balaban J connectivity index is 2.39. The van der Waals surface area contributed by atoms with Crippen molar-refractivity contribution in [3.8, 4) is 0 Å². The van der Waals surface area contributed by atoms with Crippen LogP contribution in [0.2, 0.25) is 0 Å². The van der Waals surface area contributed by atoms with Gasteiger partial charge in [0.15, 0.2) is 0 Å². The van der Waals surface area contributed by atoms with E-state index in [1.54, 1.807) is 5.01 Å². The third-order valence-corrected chi connectivity index (χ3v) is 2.34. The molecule has 3 N–H and O–H groups in total. The minimum atomic E-state index is -0.515. The number of aliphatic hydroxyl groups is 1. The van der Waals surface area contributed by atoms with E-state index in [0.717, 1.165) is 32.5 Å². The Morgan fingerprint density at radius 2 is 1.92 bits per heavy atom. The van der Waals surface area contributed by atoms with Crippen molar-refractivity contribution >= 4 is 0 Å². The monoisotopic (exact) mass is 173 g/mol. The van der Waals surface area contributed by atoms with Gasteiger partial charge in [0.2, 0.25) is 0 Å². The Hall–Kier alpha value is -0.160. The van der Waals surface area contributed by atoms with Gasteiger partial charge in [0.05, 0.1) is 5.60 Å². The Labute approximate surface area is 73.9 Å². The number of nitrogens with zero attached hydrogens (tertiary/aromatic N) is 2. The molecule has 1 aliphatic rings. The van der Waals surface area contributed by atoms with Crippen LogP contribution in [0.5, 0.6) is 0 Å². The predicted octanol–water partition coefficient (Wildman–Crippen LogP) is -0.751. The minimum Gasteiger partial charge on any atom is -0.388 e. The first-order valence-electron chi connectivity index (χ1n) is 4.39. The number of hydrogen-bond acceptors (Lipinski definition) is 4. The largest absolute Gasteiger partial charge is 0.388 e. The van der Waals surface area contributed by atoms with E-state index in [4.69, 9.17) is 5.84 Å². The van der Waals surface area contributed by atoms with E-state index in [2.05, 4.69) is 0 Å². The lowest BCUT2D eigenvalue weighted by Gasteiger charge is -2.37. The van der Waals surface area contributed by atoms with E-state index in [0.29, 0.717) is 0 Å². The van der Waals surface area contributed by atoms with Crippen LogP contribution in [0.15, 0.2) is 0 Å². The van der Waals surface area contributed by atoms with Crippen molar-refractivity contribution in [2.24, 2.45) is 5.84 Å². The number of piperidine rings is 1. The highest BCUT2D eigenvalue weighted by Gasteiger charge is 2.31. The molecule has 12 heavy (non-hydrogen) atoms. The Bertz CT molecular complexity index is 141. The zero-order chi connectivity index (χ0) is 9.19. The summed E-state index contributed by atoms with van der Waals surface area (Å²) in [5, 5.41) is 11.8. The van der Waals surface area contributed by atoms with Crippen molar-refractivity contribution < 1.29 is 5.11 Å². The fraction of sp³-hybridized carbons (Fsp3) is 1.00. The van der Waals surface area contributed by atoms with Gasteiger partial charge in [-0.25, -0.2) is 5.01 Å². The summed E-state index contributed by atoms with van der Waals surface area (Å²) in [5.41, 5.74) is -0.515. The van der Waals surface area contributed by atoms with Crippen LogP contribution in [0.4, 0.5) is 0 Å². The van der Waals surface area contributed by atoms with Crippen LogP contribution in [0.25, 0.3) is 0 Å². The summed E-state index contributed by atoms with van der Waals surface area (Å²) in [5.74, 6) is 5.60. The highest BCUT2D eigenvalue weighted by molar-refractivity contribution is 4.86. The summed E-state index contributed by atoms with van der Waals surface area (Å²) < 4.78 is 0. The third kappa shape index (κ3) is 2.71. The predicted molar refractivity (Wildman–Crippen MR) is 48.5 cm³/mol. The van der Waals surface area contributed by atoms with Gasteiger partial charge in [0.1, 0.15) is 0 Å². The maximum Gasteiger partial charge on any atom is 0.0799 e. The Morgan fingerprint density at radius 1 is 1.42 bits per heavy atom. The summed E-state index contributed by atoms with van der Waals surface area (Å²) in [6.07, 6.45) is 1.56. The summed E-state index contributed by atoms with van der Waals surface area (Å²) in [6.45, 7) is 2.33. The lowest BCUT2D eigenvalue weighted by molar-refractivity contribution is -0.0375. The Morgan fingerprint density at radius 3 is 2.33 bits per heavy atom. The molecule has 0 atom stereocenters. The summed E-state index contributed by atoms with van der Waals surface area (Å²) in [4.78, 5) is 2.02. The summed E-state index contributed by atoms with van der Waals surface area (Å²) in [7, 11) is 3.96. The number of hydrogen-bond donors (Lipinski definition) is 2. The molecular weight excluding hydrogens is 154 g/mol. The summed E-state index contributed by atoms with van der Waals surface area (Å²) in [6, 6.07) is 0. The molecule has 0 aromatic heterocycles. The fourth-order valence-corrected chi connectivity index (χ4v) is 1.69. The minimum absolute atomic E-state index is 0.515. The molecule has 0 bridgehead atoms. The average molecular weight is 173 g/mol. The maximum atomic E-state index is 10.0. The van der Waals surface area contributed by atoms with Crippen molar-refractivity contribution in [1.29, 1.82) is 0 Å². The van der Waals surface area contributed by atoms with Gasteiger partial charge >= 0.3 is 0 Å². The number of nitrogens with two attached hydrogens (primary N) is 1. The van der Waals surface area contributed by atoms with E-state index in [9.17, 15) is 5.11 Å². The summed E-state index contributed by atoms with van der Waals surface area (Å²) >= 11 is 0. The molecule has 4 heteroatoms.